The second-order valence-electron chi connectivity index (χ2n) is 3.33. The first-order valence-corrected chi connectivity index (χ1v) is 5.13. The highest BCUT2D eigenvalue weighted by Crippen LogP contribution is 2.19. The lowest BCUT2D eigenvalue weighted by atomic mass is 10.2. The normalized spacial score (nSPS) is 10.3. The largest absolute Gasteiger partial charge is 0.372 e. The fourth-order valence-electron chi connectivity index (χ4n) is 1.59. The van der Waals surface area contributed by atoms with Crippen LogP contribution in [0.1, 0.15) is 25.1 Å². The summed E-state index contributed by atoms with van der Waals surface area (Å²) in [7, 11) is 0. The van der Waals surface area contributed by atoms with Gasteiger partial charge in [0, 0.05) is 42.8 Å². The van der Waals surface area contributed by atoms with Gasteiger partial charge in [-0.1, -0.05) is 0 Å². The first-order valence-electron chi connectivity index (χ1n) is 5.13. The van der Waals surface area contributed by atoms with Crippen LogP contribution in [0, 0.1) is 6.92 Å². The summed E-state index contributed by atoms with van der Waals surface area (Å²) in [6.45, 7) is 8.88. The zero-order chi connectivity index (χ0) is 10.6. The highest BCUT2D eigenvalue weighted by atomic mass is 15.1. The van der Waals surface area contributed by atoms with Crippen LogP contribution in [0.15, 0.2) is 12.3 Å². The molecule has 14 heavy (non-hydrogen) atoms. The first kappa shape index (κ1) is 11.0. The molecule has 0 unspecified atom stereocenters. The molecule has 0 aliphatic rings. The Kier molecular flexibility index (Phi) is 3.89. The number of aromatic nitrogens is 1. The molecular formula is C11H19N3. The van der Waals surface area contributed by atoms with Crippen LogP contribution in [-0.2, 0) is 6.54 Å². The summed E-state index contributed by atoms with van der Waals surface area (Å²) in [5.74, 6) is 0. The maximum absolute atomic E-state index is 5.68. The standard InChI is InChI=1S/C11H19N3/c1-4-14(5-2)11-6-9(3)13-8-10(11)7-12/h6,8H,4-5,7,12H2,1-3H3. The number of anilines is 1. The molecule has 1 aromatic rings. The minimum absolute atomic E-state index is 0.555. The number of hydrogen-bond donors (Lipinski definition) is 1. The van der Waals surface area contributed by atoms with E-state index in [1.54, 1.807) is 0 Å². The van der Waals surface area contributed by atoms with Crippen molar-refractivity contribution in [2.24, 2.45) is 5.73 Å². The molecule has 0 aliphatic carbocycles. The summed E-state index contributed by atoms with van der Waals surface area (Å²) in [5, 5.41) is 0. The molecular weight excluding hydrogens is 174 g/mol. The Balaban J connectivity index is 3.08. The molecule has 0 amide bonds. The van der Waals surface area contributed by atoms with E-state index in [2.05, 4.69) is 29.8 Å². The van der Waals surface area contributed by atoms with Gasteiger partial charge in [-0.25, -0.2) is 0 Å². The molecule has 0 aliphatic heterocycles. The van der Waals surface area contributed by atoms with Crippen molar-refractivity contribution in [3.8, 4) is 0 Å². The Morgan fingerprint density at radius 2 is 2.00 bits per heavy atom. The lowest BCUT2D eigenvalue weighted by Gasteiger charge is -2.23. The van der Waals surface area contributed by atoms with Crippen molar-refractivity contribution in [2.75, 3.05) is 18.0 Å². The van der Waals surface area contributed by atoms with Crippen molar-refractivity contribution < 1.29 is 0 Å². The Bertz CT molecular complexity index is 293. The molecule has 78 valence electrons. The predicted octanol–water partition coefficient (Wildman–Crippen LogP) is 1.69. The number of rotatable bonds is 4. The number of nitrogens with zero attached hydrogens (tertiary/aromatic N) is 2. The molecule has 0 spiro atoms. The monoisotopic (exact) mass is 193 g/mol. The van der Waals surface area contributed by atoms with Crippen molar-refractivity contribution in [1.29, 1.82) is 0 Å². The average Bonchev–Trinajstić information content (AvgIpc) is 2.20. The smallest absolute Gasteiger partial charge is 0.0445 e. The zero-order valence-corrected chi connectivity index (χ0v) is 9.25. The van der Waals surface area contributed by atoms with Crippen molar-refractivity contribution in [1.82, 2.24) is 4.98 Å². The molecule has 0 radical (unpaired) electrons. The third kappa shape index (κ3) is 2.23. The third-order valence-corrected chi connectivity index (χ3v) is 2.42. The van der Waals surface area contributed by atoms with Gasteiger partial charge in [0.1, 0.15) is 0 Å². The van der Waals surface area contributed by atoms with Crippen LogP contribution >= 0.6 is 0 Å². The number of pyridine rings is 1. The van der Waals surface area contributed by atoms with Crippen molar-refractivity contribution in [2.45, 2.75) is 27.3 Å². The summed E-state index contributed by atoms with van der Waals surface area (Å²) in [5.41, 5.74) is 9.08. The SMILES string of the molecule is CCN(CC)c1cc(C)ncc1CN. The van der Waals surface area contributed by atoms with E-state index in [1.165, 1.54) is 5.69 Å². The highest BCUT2D eigenvalue weighted by molar-refractivity contribution is 5.53. The third-order valence-electron chi connectivity index (χ3n) is 2.42. The van der Waals surface area contributed by atoms with Crippen molar-refractivity contribution in [3.63, 3.8) is 0 Å². The lowest BCUT2D eigenvalue weighted by Crippen LogP contribution is -2.24. The molecule has 0 saturated carbocycles. The maximum atomic E-state index is 5.68. The second kappa shape index (κ2) is 4.96. The van der Waals surface area contributed by atoms with Gasteiger partial charge in [-0.2, -0.15) is 0 Å². The van der Waals surface area contributed by atoms with E-state index in [0.717, 1.165) is 24.3 Å². The van der Waals surface area contributed by atoms with Gasteiger partial charge in [-0.3, -0.25) is 4.98 Å². The number of hydrogen-bond acceptors (Lipinski definition) is 3. The van der Waals surface area contributed by atoms with Gasteiger partial charge in [0.15, 0.2) is 0 Å². The van der Waals surface area contributed by atoms with E-state index >= 15 is 0 Å². The first-order chi connectivity index (χ1) is 6.72. The Morgan fingerprint density at radius 3 is 2.50 bits per heavy atom. The second-order valence-corrected chi connectivity index (χ2v) is 3.33. The van der Waals surface area contributed by atoms with Gasteiger partial charge in [0.2, 0.25) is 0 Å². The van der Waals surface area contributed by atoms with Gasteiger partial charge in [0.25, 0.3) is 0 Å². The summed E-state index contributed by atoms with van der Waals surface area (Å²) >= 11 is 0. The van der Waals surface area contributed by atoms with Crippen LogP contribution in [0.4, 0.5) is 5.69 Å². The Morgan fingerprint density at radius 1 is 1.36 bits per heavy atom. The van der Waals surface area contributed by atoms with Crippen molar-refractivity contribution >= 4 is 5.69 Å². The summed E-state index contributed by atoms with van der Waals surface area (Å²) < 4.78 is 0. The van der Waals surface area contributed by atoms with Gasteiger partial charge >= 0.3 is 0 Å². The molecule has 0 fully saturated rings. The fourth-order valence-corrected chi connectivity index (χ4v) is 1.59. The van der Waals surface area contributed by atoms with E-state index in [9.17, 15) is 0 Å². The van der Waals surface area contributed by atoms with Crippen LogP contribution in [0.3, 0.4) is 0 Å². The molecule has 3 nitrogen and oxygen atoms in total. The molecule has 1 heterocycles. The van der Waals surface area contributed by atoms with Crippen molar-refractivity contribution in [3.05, 3.63) is 23.5 Å². The van der Waals surface area contributed by atoms with E-state index < -0.39 is 0 Å². The summed E-state index contributed by atoms with van der Waals surface area (Å²) in [6, 6.07) is 2.11. The predicted molar refractivity (Wildman–Crippen MR) is 60.4 cm³/mol. The molecule has 0 atom stereocenters. The molecule has 0 aromatic carbocycles. The molecule has 1 rings (SSSR count). The molecule has 0 bridgehead atoms. The maximum Gasteiger partial charge on any atom is 0.0445 e. The molecule has 0 saturated heterocycles. The van der Waals surface area contributed by atoms with Crippen LogP contribution in [-0.4, -0.2) is 18.1 Å². The van der Waals surface area contributed by atoms with Crippen LogP contribution in [0.25, 0.3) is 0 Å². The van der Waals surface area contributed by atoms with Gasteiger partial charge in [-0.15, -0.1) is 0 Å². The number of aryl methyl sites for hydroxylation is 1. The summed E-state index contributed by atoms with van der Waals surface area (Å²) in [4.78, 5) is 6.56. The van der Waals surface area contributed by atoms with Gasteiger partial charge in [0.05, 0.1) is 0 Å². The van der Waals surface area contributed by atoms with E-state index in [-0.39, 0.29) is 0 Å². The van der Waals surface area contributed by atoms with Crippen LogP contribution < -0.4 is 10.6 Å². The molecule has 2 N–H and O–H groups in total. The minimum Gasteiger partial charge on any atom is -0.372 e. The zero-order valence-electron chi connectivity index (χ0n) is 9.25. The highest BCUT2D eigenvalue weighted by Gasteiger charge is 2.07. The average molecular weight is 193 g/mol. The quantitative estimate of drug-likeness (QED) is 0.791. The van der Waals surface area contributed by atoms with Gasteiger partial charge in [-0.05, 0) is 26.8 Å². The van der Waals surface area contributed by atoms with Crippen LogP contribution in [0.5, 0.6) is 0 Å². The van der Waals surface area contributed by atoms with E-state index in [1.807, 2.05) is 13.1 Å². The summed E-state index contributed by atoms with van der Waals surface area (Å²) in [6.07, 6.45) is 1.88. The minimum atomic E-state index is 0.555. The van der Waals surface area contributed by atoms with Crippen LogP contribution in [0.2, 0.25) is 0 Å². The topological polar surface area (TPSA) is 42.2 Å². The Hall–Kier alpha value is -1.09. The lowest BCUT2D eigenvalue weighted by molar-refractivity contribution is 0.848. The number of nitrogens with two attached hydrogens (primary N) is 1. The van der Waals surface area contributed by atoms with E-state index in [0.29, 0.717) is 6.54 Å². The molecule has 1 aromatic heterocycles. The Labute approximate surface area is 85.9 Å². The molecule has 3 heteroatoms. The van der Waals surface area contributed by atoms with E-state index in [4.69, 9.17) is 5.73 Å². The van der Waals surface area contributed by atoms with Gasteiger partial charge < -0.3 is 10.6 Å². The fraction of sp³-hybridized carbons (Fsp3) is 0.545.